The number of rotatable bonds is 3. The molecule has 1 N–H and O–H groups in total. The molecule has 0 bridgehead atoms. The highest BCUT2D eigenvalue weighted by Crippen LogP contribution is 2.33. The van der Waals surface area contributed by atoms with Crippen LogP contribution in [0.4, 0.5) is 5.69 Å². The Morgan fingerprint density at radius 2 is 1.94 bits per heavy atom. The summed E-state index contributed by atoms with van der Waals surface area (Å²) in [6.07, 6.45) is 1.55. The van der Waals surface area contributed by atoms with E-state index >= 15 is 0 Å². The number of anilines is 1. The normalized spacial score (nSPS) is 16.2. The summed E-state index contributed by atoms with van der Waals surface area (Å²) in [5.41, 5.74) is 2.72. The number of halogens is 1. The third kappa shape index (κ3) is 2.40. The molecule has 1 aromatic rings. The number of hydrogen-bond donors (Lipinski definition) is 1. The smallest absolute Gasteiger partial charge is 0.235 e. The predicted octanol–water partition coefficient (Wildman–Crippen LogP) is 2.97. The fourth-order valence-electron chi connectivity index (χ4n) is 1.65. The third-order valence-corrected chi connectivity index (χ3v) is 5.10. The Morgan fingerprint density at radius 1 is 1.31 bits per heavy atom. The molecule has 88 valence electrons. The van der Waals surface area contributed by atoms with Gasteiger partial charge in [-0.3, -0.25) is 4.72 Å². The second-order valence-electron chi connectivity index (χ2n) is 4.29. The van der Waals surface area contributed by atoms with Gasteiger partial charge < -0.3 is 0 Å². The van der Waals surface area contributed by atoms with Crippen molar-refractivity contribution in [1.82, 2.24) is 0 Å². The molecule has 0 unspecified atom stereocenters. The fourth-order valence-corrected chi connectivity index (χ4v) is 4.03. The molecule has 16 heavy (non-hydrogen) atoms. The SMILES string of the molecule is Cc1cc(C)c(NS(=O)(=O)C2CC2)c(Br)c1. The molecule has 0 radical (unpaired) electrons. The summed E-state index contributed by atoms with van der Waals surface area (Å²) in [4.78, 5) is 0. The summed E-state index contributed by atoms with van der Waals surface area (Å²) in [5, 5.41) is -0.194. The number of benzene rings is 1. The van der Waals surface area contributed by atoms with Crippen molar-refractivity contribution < 1.29 is 8.42 Å². The van der Waals surface area contributed by atoms with Crippen LogP contribution < -0.4 is 4.72 Å². The molecular weight excluding hydrogens is 290 g/mol. The molecule has 5 heteroatoms. The number of aryl methyl sites for hydroxylation is 2. The highest BCUT2D eigenvalue weighted by Gasteiger charge is 2.36. The quantitative estimate of drug-likeness (QED) is 0.933. The zero-order valence-electron chi connectivity index (χ0n) is 9.25. The largest absolute Gasteiger partial charge is 0.282 e. The van der Waals surface area contributed by atoms with Crippen LogP contribution in [-0.4, -0.2) is 13.7 Å². The fraction of sp³-hybridized carbons (Fsp3) is 0.455. The van der Waals surface area contributed by atoms with E-state index in [-0.39, 0.29) is 5.25 Å². The van der Waals surface area contributed by atoms with Crippen LogP contribution in [0.25, 0.3) is 0 Å². The Hall–Kier alpha value is -0.550. The lowest BCUT2D eigenvalue weighted by Crippen LogP contribution is -2.18. The van der Waals surface area contributed by atoms with Gasteiger partial charge in [-0.2, -0.15) is 0 Å². The average Bonchev–Trinajstić information content (AvgIpc) is 2.94. The monoisotopic (exact) mass is 303 g/mol. The van der Waals surface area contributed by atoms with Crippen LogP contribution >= 0.6 is 15.9 Å². The molecular formula is C11H14BrNO2S. The second kappa shape index (κ2) is 4.04. The number of sulfonamides is 1. The minimum Gasteiger partial charge on any atom is -0.282 e. The van der Waals surface area contributed by atoms with Gasteiger partial charge in [0.05, 0.1) is 10.9 Å². The first-order valence-corrected chi connectivity index (χ1v) is 7.52. The van der Waals surface area contributed by atoms with E-state index in [1.807, 2.05) is 26.0 Å². The first-order valence-electron chi connectivity index (χ1n) is 5.18. The van der Waals surface area contributed by atoms with E-state index in [2.05, 4.69) is 20.7 Å². The first kappa shape index (κ1) is 11.9. The zero-order chi connectivity index (χ0) is 11.9. The van der Waals surface area contributed by atoms with Crippen LogP contribution in [0.3, 0.4) is 0 Å². The topological polar surface area (TPSA) is 46.2 Å². The summed E-state index contributed by atoms with van der Waals surface area (Å²) >= 11 is 3.39. The van der Waals surface area contributed by atoms with Crippen LogP contribution in [0.5, 0.6) is 0 Å². The van der Waals surface area contributed by atoms with E-state index in [0.29, 0.717) is 5.69 Å². The molecule has 0 spiro atoms. The number of hydrogen-bond acceptors (Lipinski definition) is 2. The minimum atomic E-state index is -3.18. The molecule has 1 aliphatic carbocycles. The van der Waals surface area contributed by atoms with Crippen molar-refractivity contribution in [3.63, 3.8) is 0 Å². The molecule has 1 saturated carbocycles. The summed E-state index contributed by atoms with van der Waals surface area (Å²) in [6.45, 7) is 3.89. The molecule has 1 aliphatic rings. The van der Waals surface area contributed by atoms with Crippen molar-refractivity contribution in [2.24, 2.45) is 0 Å². The Bertz CT molecular complexity index is 498. The van der Waals surface area contributed by atoms with Gasteiger partial charge in [0.1, 0.15) is 0 Å². The van der Waals surface area contributed by atoms with Crippen molar-refractivity contribution in [2.45, 2.75) is 31.9 Å². The summed E-state index contributed by atoms with van der Waals surface area (Å²) in [5.74, 6) is 0. The molecule has 0 atom stereocenters. The van der Waals surface area contributed by atoms with Gasteiger partial charge in [0.2, 0.25) is 10.0 Å². The van der Waals surface area contributed by atoms with Crippen LogP contribution in [-0.2, 0) is 10.0 Å². The molecule has 0 heterocycles. The van der Waals surface area contributed by atoms with E-state index in [1.54, 1.807) is 0 Å². The summed E-state index contributed by atoms with van der Waals surface area (Å²) in [7, 11) is -3.18. The van der Waals surface area contributed by atoms with Gasteiger partial charge in [0, 0.05) is 4.47 Å². The molecule has 1 aromatic carbocycles. The van der Waals surface area contributed by atoms with Crippen LogP contribution in [0.2, 0.25) is 0 Å². The standard InChI is InChI=1S/C11H14BrNO2S/c1-7-5-8(2)11(10(12)6-7)13-16(14,15)9-3-4-9/h5-6,9,13H,3-4H2,1-2H3. The van der Waals surface area contributed by atoms with E-state index in [0.717, 1.165) is 28.4 Å². The zero-order valence-corrected chi connectivity index (χ0v) is 11.7. The summed E-state index contributed by atoms with van der Waals surface area (Å²) in [6, 6.07) is 3.88. The van der Waals surface area contributed by atoms with Crippen LogP contribution in [0, 0.1) is 13.8 Å². The molecule has 2 rings (SSSR count). The van der Waals surface area contributed by atoms with E-state index < -0.39 is 10.0 Å². The van der Waals surface area contributed by atoms with Crippen molar-refractivity contribution in [2.75, 3.05) is 4.72 Å². The molecule has 0 saturated heterocycles. The van der Waals surface area contributed by atoms with Gasteiger partial charge >= 0.3 is 0 Å². The van der Waals surface area contributed by atoms with Crippen molar-refractivity contribution in [1.29, 1.82) is 0 Å². The Balaban J connectivity index is 2.34. The second-order valence-corrected chi connectivity index (χ2v) is 7.10. The molecule has 0 aromatic heterocycles. The van der Waals surface area contributed by atoms with Crippen LogP contribution in [0.15, 0.2) is 16.6 Å². The maximum atomic E-state index is 11.8. The van der Waals surface area contributed by atoms with Crippen molar-refractivity contribution >= 4 is 31.6 Å². The van der Waals surface area contributed by atoms with E-state index in [1.165, 1.54) is 0 Å². The van der Waals surface area contributed by atoms with Gasteiger partial charge in [-0.1, -0.05) is 6.07 Å². The molecule has 0 aliphatic heterocycles. The maximum Gasteiger partial charge on any atom is 0.235 e. The van der Waals surface area contributed by atoms with Crippen LogP contribution in [0.1, 0.15) is 24.0 Å². The number of nitrogens with one attached hydrogen (secondary N) is 1. The first-order chi connectivity index (χ1) is 7.40. The van der Waals surface area contributed by atoms with E-state index in [9.17, 15) is 8.42 Å². The van der Waals surface area contributed by atoms with Gasteiger partial charge in [-0.15, -0.1) is 0 Å². The van der Waals surface area contributed by atoms with Crippen molar-refractivity contribution in [3.8, 4) is 0 Å². The average molecular weight is 304 g/mol. The third-order valence-electron chi connectivity index (χ3n) is 2.64. The van der Waals surface area contributed by atoms with Crippen molar-refractivity contribution in [3.05, 3.63) is 27.7 Å². The molecule has 0 amide bonds. The summed E-state index contributed by atoms with van der Waals surface area (Å²) < 4.78 is 27.1. The minimum absolute atomic E-state index is 0.194. The molecule has 3 nitrogen and oxygen atoms in total. The van der Waals surface area contributed by atoms with Gasteiger partial charge in [-0.05, 0) is 59.8 Å². The predicted molar refractivity (Wildman–Crippen MR) is 69.2 cm³/mol. The lowest BCUT2D eigenvalue weighted by Gasteiger charge is -2.12. The van der Waals surface area contributed by atoms with E-state index in [4.69, 9.17) is 0 Å². The molecule has 1 fully saturated rings. The Kier molecular flexibility index (Phi) is 3.01. The van der Waals surface area contributed by atoms with Gasteiger partial charge in [0.25, 0.3) is 0 Å². The lowest BCUT2D eigenvalue weighted by molar-refractivity contribution is 0.600. The Morgan fingerprint density at radius 3 is 2.44 bits per heavy atom. The Labute approximate surface area is 104 Å². The lowest BCUT2D eigenvalue weighted by atomic mass is 10.1. The van der Waals surface area contributed by atoms with Gasteiger partial charge in [-0.25, -0.2) is 8.42 Å². The van der Waals surface area contributed by atoms with Gasteiger partial charge in [0.15, 0.2) is 0 Å². The maximum absolute atomic E-state index is 11.8. The highest BCUT2D eigenvalue weighted by atomic mass is 79.9. The highest BCUT2D eigenvalue weighted by molar-refractivity contribution is 9.10.